The van der Waals surface area contributed by atoms with Gasteiger partial charge in [-0.25, -0.2) is 0 Å². The van der Waals surface area contributed by atoms with Gasteiger partial charge in [0.15, 0.2) is 0 Å². The predicted octanol–water partition coefficient (Wildman–Crippen LogP) is 6.24. The molecule has 1 unspecified atom stereocenters. The zero-order valence-corrected chi connectivity index (χ0v) is 18.8. The first kappa shape index (κ1) is 21.7. The van der Waals surface area contributed by atoms with Gasteiger partial charge >= 0.3 is 0 Å². The molecule has 6 heteroatoms. The molecule has 0 spiro atoms. The summed E-state index contributed by atoms with van der Waals surface area (Å²) in [5.74, 6) is -0.196. The molecule has 3 aromatic carbocycles. The number of carbonyl (C=O) groups is 2. The van der Waals surface area contributed by atoms with E-state index in [2.05, 4.69) is 15.6 Å². The molecule has 0 bridgehead atoms. The molecule has 0 radical (unpaired) electrons. The van der Waals surface area contributed by atoms with Gasteiger partial charge in [-0.15, -0.1) is 11.8 Å². The second-order valence-corrected chi connectivity index (χ2v) is 8.91. The lowest BCUT2D eigenvalue weighted by molar-refractivity contribution is -0.115. The minimum atomic E-state index is -0.253. The normalized spacial score (nSPS) is 11.8. The van der Waals surface area contributed by atoms with E-state index in [0.29, 0.717) is 17.7 Å². The molecular weight excluding hydrogens is 418 g/mol. The second kappa shape index (κ2) is 9.75. The van der Waals surface area contributed by atoms with Gasteiger partial charge in [-0.1, -0.05) is 36.8 Å². The number of fused-ring (bicyclic) bond motifs is 1. The van der Waals surface area contributed by atoms with Gasteiger partial charge in [0.25, 0.3) is 5.91 Å². The maximum Gasteiger partial charge on any atom is 0.255 e. The fraction of sp³-hybridized carbons (Fsp3) is 0.154. The fourth-order valence-corrected chi connectivity index (χ4v) is 4.48. The van der Waals surface area contributed by atoms with E-state index in [1.807, 2.05) is 86.8 Å². The number of benzene rings is 3. The summed E-state index contributed by atoms with van der Waals surface area (Å²) in [6.45, 7) is 3.95. The highest BCUT2D eigenvalue weighted by molar-refractivity contribution is 8.00. The summed E-state index contributed by atoms with van der Waals surface area (Å²) in [5.41, 5.74) is 4.11. The number of carbonyl (C=O) groups excluding carboxylic acids is 2. The third-order valence-electron chi connectivity index (χ3n) is 5.14. The van der Waals surface area contributed by atoms with E-state index >= 15 is 0 Å². The van der Waals surface area contributed by atoms with Gasteiger partial charge in [0.1, 0.15) is 0 Å². The van der Waals surface area contributed by atoms with Crippen molar-refractivity contribution < 1.29 is 9.59 Å². The van der Waals surface area contributed by atoms with Crippen molar-refractivity contribution in [2.24, 2.45) is 0 Å². The zero-order chi connectivity index (χ0) is 22.5. The van der Waals surface area contributed by atoms with E-state index in [0.717, 1.165) is 27.0 Å². The Labute approximate surface area is 191 Å². The molecule has 1 heterocycles. The van der Waals surface area contributed by atoms with E-state index in [1.165, 1.54) is 11.8 Å². The van der Waals surface area contributed by atoms with Crippen LogP contribution < -0.4 is 10.6 Å². The first-order chi connectivity index (χ1) is 15.5. The van der Waals surface area contributed by atoms with Gasteiger partial charge in [0, 0.05) is 33.5 Å². The van der Waals surface area contributed by atoms with Crippen LogP contribution in [0.1, 0.15) is 29.3 Å². The van der Waals surface area contributed by atoms with Gasteiger partial charge < -0.3 is 15.6 Å². The second-order valence-electron chi connectivity index (χ2n) is 7.64. The first-order valence-electron chi connectivity index (χ1n) is 10.5. The van der Waals surface area contributed by atoms with Crippen LogP contribution in [0.5, 0.6) is 0 Å². The van der Waals surface area contributed by atoms with Crippen LogP contribution in [0.15, 0.2) is 83.9 Å². The molecule has 0 saturated carbocycles. The van der Waals surface area contributed by atoms with Crippen molar-refractivity contribution in [2.45, 2.75) is 30.4 Å². The first-order valence-corrected chi connectivity index (χ1v) is 11.4. The Balaban J connectivity index is 1.42. The maximum atomic E-state index is 12.9. The minimum absolute atomic E-state index is 0.0439. The van der Waals surface area contributed by atoms with Crippen LogP contribution in [0, 0.1) is 6.92 Å². The van der Waals surface area contributed by atoms with Gasteiger partial charge in [-0.3, -0.25) is 9.59 Å². The molecule has 162 valence electrons. The summed E-state index contributed by atoms with van der Waals surface area (Å²) in [6.07, 6.45) is 2.56. The Morgan fingerprint density at radius 3 is 2.56 bits per heavy atom. The van der Waals surface area contributed by atoms with Gasteiger partial charge in [-0.2, -0.15) is 0 Å². The van der Waals surface area contributed by atoms with Crippen LogP contribution in [-0.4, -0.2) is 22.0 Å². The van der Waals surface area contributed by atoms with E-state index < -0.39 is 0 Å². The van der Waals surface area contributed by atoms with E-state index in [4.69, 9.17) is 0 Å². The highest BCUT2D eigenvalue weighted by Crippen LogP contribution is 2.29. The molecule has 32 heavy (non-hydrogen) atoms. The average Bonchev–Trinajstić information content (AvgIpc) is 3.25. The molecule has 0 aliphatic carbocycles. The third kappa shape index (κ3) is 5.21. The molecule has 4 aromatic rings. The number of aromatic amines is 1. The van der Waals surface area contributed by atoms with Crippen LogP contribution in [-0.2, 0) is 4.79 Å². The molecule has 1 aromatic heterocycles. The molecule has 2 amide bonds. The highest BCUT2D eigenvalue weighted by Gasteiger charge is 2.19. The van der Waals surface area contributed by atoms with Crippen molar-refractivity contribution >= 4 is 45.9 Å². The molecule has 4 rings (SSSR count). The van der Waals surface area contributed by atoms with Crippen LogP contribution in [0.2, 0.25) is 0 Å². The van der Waals surface area contributed by atoms with Crippen molar-refractivity contribution in [1.82, 2.24) is 4.98 Å². The summed E-state index contributed by atoms with van der Waals surface area (Å²) in [4.78, 5) is 29.5. The Morgan fingerprint density at radius 1 is 0.938 bits per heavy atom. The largest absolute Gasteiger partial charge is 0.361 e. The molecule has 0 aliphatic heterocycles. The summed E-state index contributed by atoms with van der Waals surface area (Å²) >= 11 is 1.49. The van der Waals surface area contributed by atoms with Crippen LogP contribution >= 0.6 is 11.8 Å². The molecular formula is C26H25N3O2S. The fourth-order valence-electron chi connectivity index (χ4n) is 3.47. The van der Waals surface area contributed by atoms with Crippen molar-refractivity contribution in [3.8, 4) is 0 Å². The number of hydrogen-bond acceptors (Lipinski definition) is 3. The summed E-state index contributed by atoms with van der Waals surface area (Å²) < 4.78 is 0. The van der Waals surface area contributed by atoms with Crippen LogP contribution in [0.25, 0.3) is 10.9 Å². The van der Waals surface area contributed by atoms with Crippen molar-refractivity contribution in [2.75, 3.05) is 10.6 Å². The smallest absolute Gasteiger partial charge is 0.255 e. The average molecular weight is 444 g/mol. The Morgan fingerprint density at radius 2 is 1.75 bits per heavy atom. The van der Waals surface area contributed by atoms with E-state index in [9.17, 15) is 9.59 Å². The number of anilines is 2. The standard InChI is InChI=1S/C26H25N3O2S/c1-3-24(26(31)29-21-11-10-18-12-13-27-23(18)16-21)32-22-9-5-8-20(15-22)28-25(30)19-7-4-6-17(2)14-19/h4-16,24,27H,3H2,1-2H3,(H,28,30)(H,29,31). The third-order valence-corrected chi connectivity index (χ3v) is 6.49. The van der Waals surface area contributed by atoms with Crippen molar-refractivity contribution in [3.05, 3.63) is 90.1 Å². The van der Waals surface area contributed by atoms with Crippen LogP contribution in [0.3, 0.4) is 0 Å². The molecule has 0 fully saturated rings. The minimum Gasteiger partial charge on any atom is -0.361 e. The number of thioether (sulfide) groups is 1. The number of aryl methyl sites for hydroxylation is 1. The Kier molecular flexibility index (Phi) is 6.61. The number of rotatable bonds is 7. The number of H-pyrrole nitrogens is 1. The number of aromatic nitrogens is 1. The molecule has 3 N–H and O–H groups in total. The van der Waals surface area contributed by atoms with Gasteiger partial charge in [0.2, 0.25) is 5.91 Å². The van der Waals surface area contributed by atoms with Gasteiger partial charge in [-0.05, 0) is 67.3 Å². The molecule has 0 aliphatic rings. The van der Waals surface area contributed by atoms with E-state index in [-0.39, 0.29) is 17.1 Å². The Bertz CT molecular complexity index is 1260. The quantitative estimate of drug-likeness (QED) is 0.296. The van der Waals surface area contributed by atoms with Crippen molar-refractivity contribution in [3.63, 3.8) is 0 Å². The monoisotopic (exact) mass is 443 g/mol. The highest BCUT2D eigenvalue weighted by atomic mass is 32.2. The Hall–Kier alpha value is -3.51. The topological polar surface area (TPSA) is 74.0 Å². The lowest BCUT2D eigenvalue weighted by Gasteiger charge is -2.15. The lowest BCUT2D eigenvalue weighted by atomic mass is 10.1. The van der Waals surface area contributed by atoms with Gasteiger partial charge in [0.05, 0.1) is 5.25 Å². The zero-order valence-electron chi connectivity index (χ0n) is 18.0. The molecule has 1 atom stereocenters. The maximum absolute atomic E-state index is 12.9. The SMILES string of the molecule is CCC(Sc1cccc(NC(=O)c2cccc(C)c2)c1)C(=O)Nc1ccc2cc[nH]c2c1. The summed E-state index contributed by atoms with van der Waals surface area (Å²) in [5, 5.41) is 6.82. The summed E-state index contributed by atoms with van der Waals surface area (Å²) in [6, 6.07) is 22.9. The predicted molar refractivity (Wildman–Crippen MR) is 132 cm³/mol. The van der Waals surface area contributed by atoms with E-state index in [1.54, 1.807) is 6.07 Å². The summed E-state index contributed by atoms with van der Waals surface area (Å²) in [7, 11) is 0. The number of hydrogen-bond donors (Lipinski definition) is 3. The number of nitrogens with one attached hydrogen (secondary N) is 3. The van der Waals surface area contributed by atoms with Crippen LogP contribution in [0.4, 0.5) is 11.4 Å². The molecule has 0 saturated heterocycles. The lowest BCUT2D eigenvalue weighted by Crippen LogP contribution is -2.24. The van der Waals surface area contributed by atoms with Crippen molar-refractivity contribution in [1.29, 1.82) is 0 Å². The molecule has 5 nitrogen and oxygen atoms in total. The number of amides is 2.